The molecule has 0 aromatic heterocycles. The molecular formula is C19H23ClN4O4S. The molecule has 0 spiro atoms. The number of halogens is 1. The van der Waals surface area contributed by atoms with Crippen LogP contribution < -0.4 is 19.4 Å². The first kappa shape index (κ1) is 22.5. The predicted octanol–water partition coefficient (Wildman–Crippen LogP) is 2.33. The number of hydrogen-bond acceptors (Lipinski definition) is 6. The second kappa shape index (κ2) is 9.62. The molecule has 0 saturated carbocycles. The Bertz CT molecular complexity index is 992. The van der Waals surface area contributed by atoms with E-state index in [9.17, 15) is 13.2 Å². The van der Waals surface area contributed by atoms with Crippen LogP contribution in [0.2, 0.25) is 5.02 Å². The maximum atomic E-state index is 12.3. The minimum absolute atomic E-state index is 0.168. The first-order chi connectivity index (χ1) is 13.6. The number of anilines is 2. The first-order valence-electron chi connectivity index (χ1n) is 8.52. The van der Waals surface area contributed by atoms with Gasteiger partial charge in [-0.1, -0.05) is 23.7 Å². The number of sulfonamides is 1. The molecule has 1 N–H and O–H groups in total. The predicted molar refractivity (Wildman–Crippen MR) is 117 cm³/mol. The van der Waals surface area contributed by atoms with Crippen LogP contribution in [0.4, 0.5) is 11.4 Å². The average molecular weight is 439 g/mol. The fourth-order valence-electron chi connectivity index (χ4n) is 2.44. The van der Waals surface area contributed by atoms with Crippen molar-refractivity contribution in [3.8, 4) is 5.75 Å². The molecule has 0 fully saturated rings. The Morgan fingerprint density at radius 2 is 1.86 bits per heavy atom. The van der Waals surface area contributed by atoms with Gasteiger partial charge in [-0.15, -0.1) is 0 Å². The van der Waals surface area contributed by atoms with Crippen molar-refractivity contribution in [3.05, 3.63) is 53.1 Å². The van der Waals surface area contributed by atoms with Gasteiger partial charge in [-0.2, -0.15) is 5.10 Å². The molecule has 0 aliphatic rings. The number of ether oxygens (including phenoxy) is 1. The molecule has 0 aliphatic carbocycles. The quantitative estimate of drug-likeness (QED) is 0.504. The third-order valence-corrected chi connectivity index (χ3v) is 5.27. The van der Waals surface area contributed by atoms with Crippen molar-refractivity contribution in [2.75, 3.05) is 43.2 Å². The van der Waals surface area contributed by atoms with E-state index in [2.05, 4.69) is 10.5 Å². The van der Waals surface area contributed by atoms with E-state index in [1.807, 2.05) is 43.3 Å². The van der Waals surface area contributed by atoms with E-state index in [-0.39, 0.29) is 11.4 Å². The molecule has 8 nitrogen and oxygen atoms in total. The number of hydrogen-bond donors (Lipinski definition) is 1. The van der Waals surface area contributed by atoms with Crippen LogP contribution in [0.15, 0.2) is 47.6 Å². The zero-order valence-corrected chi connectivity index (χ0v) is 18.2. The van der Waals surface area contributed by atoms with Gasteiger partial charge in [-0.25, -0.2) is 13.8 Å². The Hall–Kier alpha value is -2.78. The number of nitrogens with zero attached hydrogens (tertiary/aromatic N) is 3. The van der Waals surface area contributed by atoms with Crippen LogP contribution in [-0.2, 0) is 14.8 Å². The number of carbonyl (C=O) groups is 1. The summed E-state index contributed by atoms with van der Waals surface area (Å²) in [7, 11) is 1.50. The number of nitrogens with one attached hydrogen (secondary N) is 1. The van der Waals surface area contributed by atoms with E-state index < -0.39 is 22.5 Å². The molecule has 29 heavy (non-hydrogen) atoms. The number of benzene rings is 2. The summed E-state index contributed by atoms with van der Waals surface area (Å²) < 4.78 is 30.6. The number of amides is 1. The fourth-order valence-corrected chi connectivity index (χ4v) is 3.46. The summed E-state index contributed by atoms with van der Waals surface area (Å²) in [4.78, 5) is 14.2. The molecule has 0 heterocycles. The van der Waals surface area contributed by atoms with Crippen molar-refractivity contribution in [2.24, 2.45) is 5.10 Å². The highest BCUT2D eigenvalue weighted by Gasteiger charge is 2.24. The highest BCUT2D eigenvalue weighted by atomic mass is 35.5. The Kier molecular flexibility index (Phi) is 7.46. The molecule has 0 unspecified atom stereocenters. The minimum Gasteiger partial charge on any atom is -0.495 e. The first-order valence-corrected chi connectivity index (χ1v) is 10.7. The van der Waals surface area contributed by atoms with Crippen molar-refractivity contribution >= 4 is 45.1 Å². The molecule has 0 atom stereocenters. The van der Waals surface area contributed by atoms with Crippen LogP contribution in [0.1, 0.15) is 5.56 Å². The molecule has 0 bridgehead atoms. The lowest BCUT2D eigenvalue weighted by molar-refractivity contribution is -0.119. The van der Waals surface area contributed by atoms with Gasteiger partial charge in [0.2, 0.25) is 10.0 Å². The Labute approximate surface area is 175 Å². The largest absolute Gasteiger partial charge is 0.495 e. The molecular weight excluding hydrogens is 416 g/mol. The third kappa shape index (κ3) is 6.37. The zero-order chi connectivity index (χ0) is 21.6. The van der Waals surface area contributed by atoms with Crippen molar-refractivity contribution in [3.63, 3.8) is 0 Å². The topological polar surface area (TPSA) is 91.3 Å². The highest BCUT2D eigenvalue weighted by molar-refractivity contribution is 7.92. The molecule has 2 aromatic carbocycles. The summed E-state index contributed by atoms with van der Waals surface area (Å²) in [5, 5.41) is 4.20. The normalized spacial score (nSPS) is 11.3. The van der Waals surface area contributed by atoms with Crippen LogP contribution in [-0.4, -0.2) is 54.5 Å². The summed E-state index contributed by atoms with van der Waals surface area (Å²) in [5.41, 5.74) is 4.32. The SMILES string of the molecule is COc1ccc(Cl)cc1N(CC(=O)N/N=C\c1ccc(N(C)C)cc1)S(C)(=O)=O. The van der Waals surface area contributed by atoms with Crippen LogP contribution in [0.5, 0.6) is 5.75 Å². The van der Waals surface area contributed by atoms with Gasteiger partial charge >= 0.3 is 0 Å². The van der Waals surface area contributed by atoms with E-state index >= 15 is 0 Å². The molecule has 0 aliphatic heterocycles. The second-order valence-corrected chi connectivity index (χ2v) is 8.71. The number of carbonyl (C=O) groups excluding carboxylic acids is 1. The zero-order valence-electron chi connectivity index (χ0n) is 16.6. The van der Waals surface area contributed by atoms with E-state index in [1.54, 1.807) is 6.07 Å². The number of rotatable bonds is 8. The molecule has 0 radical (unpaired) electrons. The van der Waals surface area contributed by atoms with Gasteiger partial charge in [-0.3, -0.25) is 9.10 Å². The number of methoxy groups -OCH3 is 1. The van der Waals surface area contributed by atoms with Gasteiger partial charge < -0.3 is 9.64 Å². The van der Waals surface area contributed by atoms with Gasteiger partial charge in [0.05, 0.1) is 25.3 Å². The standard InChI is InChI=1S/C19H23ClN4O4S/c1-23(2)16-8-5-14(6-9-16)12-21-22-19(25)13-24(29(4,26)27)17-11-15(20)7-10-18(17)28-3/h5-12H,13H2,1-4H3,(H,22,25)/b21-12-. The van der Waals surface area contributed by atoms with Gasteiger partial charge in [0.25, 0.3) is 5.91 Å². The van der Waals surface area contributed by atoms with E-state index in [0.717, 1.165) is 21.8 Å². The fraction of sp³-hybridized carbons (Fsp3) is 0.263. The summed E-state index contributed by atoms with van der Waals surface area (Å²) in [6.45, 7) is -0.480. The van der Waals surface area contributed by atoms with Crippen molar-refractivity contribution in [2.45, 2.75) is 0 Å². The smallest absolute Gasteiger partial charge is 0.260 e. The molecule has 0 saturated heterocycles. The Morgan fingerprint density at radius 1 is 1.21 bits per heavy atom. The van der Waals surface area contributed by atoms with Crippen molar-refractivity contribution in [1.29, 1.82) is 0 Å². The summed E-state index contributed by atoms with van der Waals surface area (Å²) in [5.74, 6) is -0.337. The van der Waals surface area contributed by atoms with E-state index in [0.29, 0.717) is 5.02 Å². The molecule has 2 aromatic rings. The lowest BCUT2D eigenvalue weighted by Gasteiger charge is -2.23. The average Bonchev–Trinajstić information content (AvgIpc) is 2.65. The van der Waals surface area contributed by atoms with Gasteiger partial charge in [-0.05, 0) is 35.9 Å². The van der Waals surface area contributed by atoms with Gasteiger partial charge in [0.15, 0.2) is 0 Å². The van der Waals surface area contributed by atoms with Crippen LogP contribution in [0, 0.1) is 0 Å². The summed E-state index contributed by atoms with van der Waals surface area (Å²) in [6.07, 6.45) is 2.47. The number of hydrazone groups is 1. The lowest BCUT2D eigenvalue weighted by atomic mass is 10.2. The lowest BCUT2D eigenvalue weighted by Crippen LogP contribution is -2.39. The molecule has 1 amide bonds. The molecule has 2 rings (SSSR count). The van der Waals surface area contributed by atoms with Gasteiger partial charge in [0.1, 0.15) is 12.3 Å². The molecule has 10 heteroatoms. The Balaban J connectivity index is 2.12. The van der Waals surface area contributed by atoms with Crippen LogP contribution in [0.3, 0.4) is 0 Å². The second-order valence-electron chi connectivity index (χ2n) is 6.36. The maximum absolute atomic E-state index is 12.3. The highest BCUT2D eigenvalue weighted by Crippen LogP contribution is 2.32. The minimum atomic E-state index is -3.78. The Morgan fingerprint density at radius 3 is 2.41 bits per heavy atom. The monoisotopic (exact) mass is 438 g/mol. The van der Waals surface area contributed by atoms with E-state index in [1.165, 1.54) is 25.5 Å². The van der Waals surface area contributed by atoms with Crippen molar-refractivity contribution in [1.82, 2.24) is 5.43 Å². The maximum Gasteiger partial charge on any atom is 0.260 e. The van der Waals surface area contributed by atoms with Gasteiger partial charge in [0, 0.05) is 24.8 Å². The van der Waals surface area contributed by atoms with Crippen molar-refractivity contribution < 1.29 is 17.9 Å². The van der Waals surface area contributed by atoms with E-state index in [4.69, 9.17) is 16.3 Å². The van der Waals surface area contributed by atoms with Crippen LogP contribution >= 0.6 is 11.6 Å². The summed E-state index contributed by atoms with van der Waals surface area (Å²) >= 11 is 5.98. The third-order valence-electron chi connectivity index (χ3n) is 3.91. The van der Waals surface area contributed by atoms with Crippen LogP contribution in [0.25, 0.3) is 0 Å². The molecule has 156 valence electrons. The summed E-state index contributed by atoms with van der Waals surface area (Å²) in [6, 6.07) is 12.1.